The Morgan fingerprint density at radius 3 is 2.27 bits per heavy atom. The average molecular weight is 435 g/mol. The van der Waals surface area contributed by atoms with Crippen LogP contribution in [-0.2, 0) is 16.7 Å². The summed E-state index contributed by atoms with van der Waals surface area (Å²) in [5.74, 6) is 0.837. The predicted molar refractivity (Wildman–Crippen MR) is 118 cm³/mol. The summed E-state index contributed by atoms with van der Waals surface area (Å²) < 4.78 is 34.2. The first kappa shape index (κ1) is 23.5. The van der Waals surface area contributed by atoms with Crippen molar-refractivity contribution in [3.63, 3.8) is 0 Å². The lowest BCUT2D eigenvalue weighted by Gasteiger charge is -2.29. The maximum Gasteiger partial charge on any atom is 0.322 e. The van der Waals surface area contributed by atoms with Crippen molar-refractivity contribution in [2.24, 2.45) is 0 Å². The molecule has 1 atom stereocenters. The summed E-state index contributed by atoms with van der Waals surface area (Å²) in [6, 6.07) is 13.7. The molecule has 0 unspecified atom stereocenters. The molecule has 0 spiro atoms. The van der Waals surface area contributed by atoms with Crippen LogP contribution in [0.1, 0.15) is 39.7 Å². The van der Waals surface area contributed by atoms with Gasteiger partial charge in [0, 0.05) is 12.6 Å². The third-order valence-corrected chi connectivity index (χ3v) is 6.38. The maximum atomic E-state index is 13.0. The largest absolute Gasteiger partial charge is 0.495 e. The van der Waals surface area contributed by atoms with Crippen LogP contribution in [0.15, 0.2) is 48.5 Å². The van der Waals surface area contributed by atoms with E-state index in [1.54, 1.807) is 62.3 Å². The molecule has 0 radical (unpaired) electrons. The molecule has 0 aliphatic carbocycles. The number of carbonyl (C=O) groups excluding carboxylic acids is 1. The van der Waals surface area contributed by atoms with E-state index in [9.17, 15) is 13.2 Å². The molecule has 0 saturated heterocycles. The van der Waals surface area contributed by atoms with Crippen LogP contribution < -0.4 is 14.2 Å². The van der Waals surface area contributed by atoms with Crippen molar-refractivity contribution in [1.29, 1.82) is 0 Å². The topological polar surface area (TPSA) is 84.9 Å². The van der Waals surface area contributed by atoms with Crippen molar-refractivity contribution < 1.29 is 22.1 Å². The van der Waals surface area contributed by atoms with Crippen LogP contribution in [-0.4, -0.2) is 37.8 Å². The van der Waals surface area contributed by atoms with Gasteiger partial charge < -0.3 is 19.1 Å². The molecule has 0 heterocycles. The molecule has 0 bridgehead atoms. The summed E-state index contributed by atoms with van der Waals surface area (Å²) in [5, 5.41) is 2.28. The number of methoxy groups -OCH3 is 1. The summed E-state index contributed by atoms with van der Waals surface area (Å²) in [4.78, 5) is 14.7. The summed E-state index contributed by atoms with van der Waals surface area (Å²) >= 11 is 0. The Kier molecular flexibility index (Phi) is 8.11. The number of hydrogen-bond acceptors (Lipinski definition) is 5. The van der Waals surface area contributed by atoms with Crippen LogP contribution in [0.5, 0.6) is 11.5 Å². The Balaban J connectivity index is 2.15. The van der Waals surface area contributed by atoms with E-state index in [-0.39, 0.29) is 17.8 Å². The van der Waals surface area contributed by atoms with Gasteiger partial charge in [-0.05, 0) is 57.0 Å². The van der Waals surface area contributed by atoms with Crippen molar-refractivity contribution in [3.05, 3.63) is 54.1 Å². The number of nitrogens with one attached hydrogen (secondary N) is 1. The Labute approximate surface area is 179 Å². The highest BCUT2D eigenvalue weighted by Gasteiger charge is 2.21. The normalized spacial score (nSPS) is 12.3. The Morgan fingerprint density at radius 2 is 1.70 bits per heavy atom. The van der Waals surface area contributed by atoms with E-state index < -0.39 is 15.4 Å². The van der Waals surface area contributed by atoms with Crippen molar-refractivity contribution in [3.8, 4) is 11.5 Å². The molecule has 0 aliphatic rings. The third-order valence-electron chi connectivity index (χ3n) is 4.80. The number of ether oxygens (including phenoxy) is 1. The van der Waals surface area contributed by atoms with Gasteiger partial charge in [0.25, 0.3) is 0 Å². The zero-order valence-electron chi connectivity index (χ0n) is 18.1. The van der Waals surface area contributed by atoms with Gasteiger partial charge in [-0.25, -0.2) is 4.79 Å². The number of para-hydroxylation sites is 2. The summed E-state index contributed by atoms with van der Waals surface area (Å²) in [6.45, 7) is 7.49. The van der Waals surface area contributed by atoms with Gasteiger partial charge in [0.05, 0.1) is 18.0 Å². The van der Waals surface area contributed by atoms with E-state index >= 15 is 0 Å². The number of rotatable bonds is 9. The van der Waals surface area contributed by atoms with E-state index in [0.717, 1.165) is 12.0 Å². The highest BCUT2D eigenvalue weighted by atomic mass is 32.2. The Bertz CT molecular complexity index is 942. The molecular formula is C22H30N2O5S. The quantitative estimate of drug-likeness (QED) is 0.581. The fraction of sp³-hybridized carbons (Fsp3) is 0.409. The molecule has 0 aliphatic heterocycles. The molecule has 2 aromatic rings. The zero-order chi connectivity index (χ0) is 22.3. The van der Waals surface area contributed by atoms with Crippen molar-refractivity contribution in [1.82, 2.24) is 4.90 Å². The molecule has 30 heavy (non-hydrogen) atoms. The minimum absolute atomic E-state index is 0.00282. The fourth-order valence-electron chi connectivity index (χ4n) is 2.66. The highest BCUT2D eigenvalue weighted by Crippen LogP contribution is 2.24. The number of urea groups is 1. The standard InChI is InChI=1S/C22H30N2O5S/c1-6-17(4)24(22(25)23-20-9-7-8-10-21(20)28-5)15-18-11-13-19(14-12-18)29-30(26,27)16(2)3/h7-14,16-17H,6,15H2,1-5H3,(H,23,25)/t17-/m0/s1. The molecule has 7 nitrogen and oxygen atoms in total. The van der Waals surface area contributed by atoms with E-state index in [1.165, 1.54) is 0 Å². The summed E-state index contributed by atoms with van der Waals surface area (Å²) in [5.41, 5.74) is 1.46. The second kappa shape index (κ2) is 10.3. The van der Waals surface area contributed by atoms with Gasteiger partial charge in [-0.2, -0.15) is 8.42 Å². The van der Waals surface area contributed by atoms with E-state index in [4.69, 9.17) is 8.92 Å². The smallest absolute Gasteiger partial charge is 0.322 e. The van der Waals surface area contributed by atoms with Gasteiger partial charge in [-0.15, -0.1) is 0 Å². The maximum absolute atomic E-state index is 13.0. The van der Waals surface area contributed by atoms with Gasteiger partial charge in [-0.1, -0.05) is 31.2 Å². The van der Waals surface area contributed by atoms with Crippen LogP contribution in [0.2, 0.25) is 0 Å². The minimum Gasteiger partial charge on any atom is -0.495 e. The van der Waals surface area contributed by atoms with Crippen LogP contribution in [0.25, 0.3) is 0 Å². The molecule has 1 N–H and O–H groups in total. The van der Waals surface area contributed by atoms with E-state index in [2.05, 4.69) is 5.32 Å². The second-order valence-corrected chi connectivity index (χ2v) is 9.38. The predicted octanol–water partition coefficient (Wildman–Crippen LogP) is 4.64. The molecule has 0 saturated carbocycles. The number of carbonyl (C=O) groups is 1. The monoisotopic (exact) mass is 434 g/mol. The number of benzene rings is 2. The van der Waals surface area contributed by atoms with Crippen LogP contribution in [0.4, 0.5) is 10.5 Å². The molecule has 2 aromatic carbocycles. The fourth-order valence-corrected chi connectivity index (χ4v) is 3.23. The van der Waals surface area contributed by atoms with Gasteiger partial charge >= 0.3 is 16.1 Å². The Hall–Kier alpha value is -2.74. The highest BCUT2D eigenvalue weighted by molar-refractivity contribution is 7.87. The number of nitrogens with zero attached hydrogens (tertiary/aromatic N) is 1. The van der Waals surface area contributed by atoms with Crippen LogP contribution in [0.3, 0.4) is 0 Å². The number of hydrogen-bond donors (Lipinski definition) is 1. The molecule has 2 rings (SSSR count). The second-order valence-electron chi connectivity index (χ2n) is 7.28. The number of anilines is 1. The molecule has 8 heteroatoms. The van der Waals surface area contributed by atoms with Crippen LogP contribution in [0, 0.1) is 0 Å². The van der Waals surface area contributed by atoms with E-state index in [0.29, 0.717) is 18.0 Å². The lowest BCUT2D eigenvalue weighted by molar-refractivity contribution is 0.187. The SMILES string of the molecule is CC[C@H](C)N(Cc1ccc(OS(=O)(=O)C(C)C)cc1)C(=O)Nc1ccccc1OC. The van der Waals surface area contributed by atoms with Crippen LogP contribution >= 0.6 is 0 Å². The first-order valence-electron chi connectivity index (χ1n) is 9.90. The molecule has 164 valence electrons. The first-order chi connectivity index (χ1) is 14.2. The van der Waals surface area contributed by atoms with Crippen molar-refractivity contribution >= 4 is 21.8 Å². The summed E-state index contributed by atoms with van der Waals surface area (Å²) in [6.07, 6.45) is 0.785. The minimum atomic E-state index is -3.65. The third kappa shape index (κ3) is 6.13. The molecule has 0 aromatic heterocycles. The van der Waals surface area contributed by atoms with Gasteiger partial charge in [-0.3, -0.25) is 0 Å². The summed E-state index contributed by atoms with van der Waals surface area (Å²) in [7, 11) is -2.09. The lowest BCUT2D eigenvalue weighted by atomic mass is 10.1. The molecule has 2 amide bonds. The van der Waals surface area contributed by atoms with E-state index in [1.807, 2.05) is 26.0 Å². The average Bonchev–Trinajstić information content (AvgIpc) is 2.72. The lowest BCUT2D eigenvalue weighted by Crippen LogP contribution is -2.40. The van der Waals surface area contributed by atoms with Gasteiger partial charge in [0.15, 0.2) is 0 Å². The van der Waals surface area contributed by atoms with Gasteiger partial charge in [0.1, 0.15) is 11.5 Å². The Morgan fingerprint density at radius 1 is 1.07 bits per heavy atom. The molecule has 0 fully saturated rings. The molecular weight excluding hydrogens is 404 g/mol. The van der Waals surface area contributed by atoms with Crippen molar-refractivity contribution in [2.75, 3.05) is 12.4 Å². The number of amides is 2. The first-order valence-corrected chi connectivity index (χ1v) is 11.4. The van der Waals surface area contributed by atoms with Gasteiger partial charge in [0.2, 0.25) is 0 Å². The zero-order valence-corrected chi connectivity index (χ0v) is 18.9. The van der Waals surface area contributed by atoms with Crippen molar-refractivity contribution in [2.45, 2.75) is 52.0 Å².